The molecule has 0 fully saturated rings. The zero-order valence-corrected chi connectivity index (χ0v) is 22.2. The zero-order valence-electron chi connectivity index (χ0n) is 19.1. The van der Waals surface area contributed by atoms with Gasteiger partial charge in [-0.3, -0.25) is 4.18 Å². The smallest absolute Gasteiger partial charge is 0.338 e. The molecule has 1 atom stereocenters. The first-order chi connectivity index (χ1) is 17.2. The summed E-state index contributed by atoms with van der Waals surface area (Å²) in [4.78, 5) is 16.9. The summed E-state index contributed by atoms with van der Waals surface area (Å²) in [5, 5.41) is 3.56. The molecule has 0 saturated carbocycles. The molecule has 0 spiro atoms. The average Bonchev–Trinajstić information content (AvgIpc) is 2.87. The third-order valence-corrected chi connectivity index (χ3v) is 7.48. The van der Waals surface area contributed by atoms with Crippen LogP contribution in [0.1, 0.15) is 23.2 Å². The second-order valence-electron chi connectivity index (χ2n) is 7.46. The van der Waals surface area contributed by atoms with Crippen molar-refractivity contribution >= 4 is 57.1 Å². The third-order valence-electron chi connectivity index (χ3n) is 4.93. The van der Waals surface area contributed by atoms with Gasteiger partial charge in [0, 0.05) is 6.21 Å². The van der Waals surface area contributed by atoms with Crippen LogP contribution in [-0.4, -0.2) is 40.4 Å². The quantitative estimate of drug-likeness (QED) is 0.0842. The van der Waals surface area contributed by atoms with Crippen molar-refractivity contribution in [2.24, 2.45) is 5.16 Å². The maximum Gasteiger partial charge on any atom is 0.338 e. The van der Waals surface area contributed by atoms with E-state index in [0.717, 1.165) is 17.2 Å². The molecule has 190 valence electrons. The summed E-state index contributed by atoms with van der Waals surface area (Å²) in [5.74, 6) is -0.626. The van der Waals surface area contributed by atoms with Crippen molar-refractivity contribution in [1.82, 2.24) is 0 Å². The highest BCUT2D eigenvalue weighted by Crippen LogP contribution is 2.33. The third kappa shape index (κ3) is 7.69. The summed E-state index contributed by atoms with van der Waals surface area (Å²) in [6.45, 7) is -0.335. The number of halogens is 3. The molecule has 0 saturated heterocycles. The molecule has 0 aliphatic heterocycles. The molecule has 0 unspecified atom stereocenters. The van der Waals surface area contributed by atoms with E-state index in [4.69, 9.17) is 43.7 Å². The lowest BCUT2D eigenvalue weighted by atomic mass is 10.0. The highest BCUT2D eigenvalue weighted by Gasteiger charge is 2.26. The molecular weight excluding hydrogens is 549 g/mol. The van der Waals surface area contributed by atoms with Crippen LogP contribution in [-0.2, 0) is 23.9 Å². The van der Waals surface area contributed by atoms with Gasteiger partial charge in [-0.1, -0.05) is 82.4 Å². The fourth-order valence-corrected chi connectivity index (χ4v) is 5.22. The van der Waals surface area contributed by atoms with Crippen molar-refractivity contribution in [3.05, 3.63) is 87.4 Å². The van der Waals surface area contributed by atoms with E-state index < -0.39 is 22.2 Å². The SMILES string of the molecule is CO/N=C/CC[C@@H](COC(=O)c1ccc(-c2ccccc2)cc1)OS(=O)(=O)c1cc(Cl)c(Cl)cc1Cl. The van der Waals surface area contributed by atoms with Gasteiger partial charge in [-0.25, -0.2) is 4.79 Å². The van der Waals surface area contributed by atoms with Crippen LogP contribution in [0.5, 0.6) is 0 Å². The highest BCUT2D eigenvalue weighted by atomic mass is 35.5. The van der Waals surface area contributed by atoms with E-state index in [0.29, 0.717) is 12.0 Å². The molecule has 11 heteroatoms. The van der Waals surface area contributed by atoms with E-state index in [2.05, 4.69) is 9.99 Å². The maximum atomic E-state index is 12.9. The van der Waals surface area contributed by atoms with Crippen LogP contribution in [0, 0.1) is 0 Å². The Morgan fingerprint density at radius 1 is 0.944 bits per heavy atom. The Bertz CT molecular complexity index is 1320. The number of oxime groups is 1. The molecule has 0 bridgehead atoms. The first-order valence-corrected chi connectivity index (χ1v) is 13.2. The molecule has 36 heavy (non-hydrogen) atoms. The van der Waals surface area contributed by atoms with Crippen LogP contribution in [0.2, 0.25) is 15.1 Å². The van der Waals surface area contributed by atoms with Gasteiger partial charge in [0.25, 0.3) is 10.1 Å². The summed E-state index contributed by atoms with van der Waals surface area (Å²) in [5.41, 5.74) is 2.26. The number of carbonyl (C=O) groups is 1. The van der Waals surface area contributed by atoms with Gasteiger partial charge in [-0.05, 0) is 48.2 Å². The van der Waals surface area contributed by atoms with E-state index in [1.807, 2.05) is 30.3 Å². The van der Waals surface area contributed by atoms with Crippen LogP contribution < -0.4 is 0 Å². The largest absolute Gasteiger partial charge is 0.459 e. The molecule has 0 amide bonds. The molecule has 0 heterocycles. The van der Waals surface area contributed by atoms with Gasteiger partial charge in [-0.15, -0.1) is 0 Å². The van der Waals surface area contributed by atoms with Gasteiger partial charge in [0.2, 0.25) is 0 Å². The van der Waals surface area contributed by atoms with Crippen LogP contribution >= 0.6 is 34.8 Å². The predicted molar refractivity (Wildman–Crippen MR) is 140 cm³/mol. The van der Waals surface area contributed by atoms with Crippen LogP contribution in [0.15, 0.2) is 76.8 Å². The molecule has 0 aliphatic rings. The maximum absolute atomic E-state index is 12.9. The number of nitrogens with zero attached hydrogens (tertiary/aromatic N) is 1. The second-order valence-corrected chi connectivity index (χ2v) is 10.2. The lowest BCUT2D eigenvalue weighted by Crippen LogP contribution is -2.26. The molecule has 3 aromatic carbocycles. The van der Waals surface area contributed by atoms with Crippen molar-refractivity contribution in [3.8, 4) is 11.1 Å². The highest BCUT2D eigenvalue weighted by molar-refractivity contribution is 7.87. The lowest BCUT2D eigenvalue weighted by molar-refractivity contribution is 0.0311. The standard InChI is InChI=1S/C25H22Cl3NO6S/c1-33-29-13-5-8-20(35-36(31,32)24-15-22(27)21(26)14-23(24)28)16-34-25(30)19-11-9-18(10-12-19)17-6-3-2-4-7-17/h2-4,6-7,9-15,20H,5,8,16H2,1H3/b29-13+/t20-/m0/s1. The fraction of sp³-hybridized carbons (Fsp3) is 0.200. The second kappa shape index (κ2) is 13.1. The van der Waals surface area contributed by atoms with E-state index >= 15 is 0 Å². The van der Waals surface area contributed by atoms with Crippen molar-refractivity contribution in [3.63, 3.8) is 0 Å². The summed E-state index contributed by atoms with van der Waals surface area (Å²) in [7, 11) is -2.98. The number of hydrogen-bond donors (Lipinski definition) is 0. The Morgan fingerprint density at radius 2 is 1.58 bits per heavy atom. The molecule has 0 aliphatic carbocycles. The average molecular weight is 571 g/mol. The van der Waals surface area contributed by atoms with Gasteiger partial charge in [0.05, 0.1) is 20.6 Å². The first-order valence-electron chi connectivity index (χ1n) is 10.7. The Labute approximate surface area is 224 Å². The fourth-order valence-electron chi connectivity index (χ4n) is 3.16. The van der Waals surface area contributed by atoms with E-state index in [-0.39, 0.29) is 33.0 Å². The van der Waals surface area contributed by atoms with Gasteiger partial charge < -0.3 is 9.57 Å². The van der Waals surface area contributed by atoms with Gasteiger partial charge in [0.1, 0.15) is 24.7 Å². The molecule has 7 nitrogen and oxygen atoms in total. The monoisotopic (exact) mass is 569 g/mol. The van der Waals surface area contributed by atoms with Gasteiger partial charge in [-0.2, -0.15) is 8.42 Å². The summed E-state index contributed by atoms with van der Waals surface area (Å²) < 4.78 is 36.5. The van der Waals surface area contributed by atoms with E-state index in [9.17, 15) is 13.2 Å². The lowest BCUT2D eigenvalue weighted by Gasteiger charge is -2.18. The van der Waals surface area contributed by atoms with Crippen LogP contribution in [0.25, 0.3) is 11.1 Å². The van der Waals surface area contributed by atoms with Crippen molar-refractivity contribution < 1.29 is 27.0 Å². The minimum absolute atomic E-state index is 0.00241. The van der Waals surface area contributed by atoms with Crippen LogP contribution in [0.3, 0.4) is 0 Å². The van der Waals surface area contributed by atoms with Crippen molar-refractivity contribution in [2.75, 3.05) is 13.7 Å². The van der Waals surface area contributed by atoms with Crippen LogP contribution in [0.4, 0.5) is 0 Å². The van der Waals surface area contributed by atoms with E-state index in [1.165, 1.54) is 19.4 Å². The normalized spacial score (nSPS) is 12.4. The number of benzene rings is 3. The Balaban J connectivity index is 1.71. The summed E-state index contributed by atoms with van der Waals surface area (Å²) in [6, 6.07) is 18.9. The minimum Gasteiger partial charge on any atom is -0.459 e. The van der Waals surface area contributed by atoms with Crippen molar-refractivity contribution in [1.29, 1.82) is 0 Å². The number of rotatable bonds is 11. The number of ether oxygens (including phenoxy) is 1. The number of esters is 1. The van der Waals surface area contributed by atoms with E-state index in [1.54, 1.807) is 24.3 Å². The molecule has 0 N–H and O–H groups in total. The zero-order chi connectivity index (χ0) is 26.1. The molecule has 3 aromatic rings. The Hall–Kier alpha value is -2.62. The molecule has 3 rings (SSSR count). The summed E-state index contributed by atoms with van der Waals surface area (Å²) >= 11 is 17.9. The van der Waals surface area contributed by atoms with Crippen molar-refractivity contribution in [2.45, 2.75) is 23.8 Å². The molecule has 0 radical (unpaired) electrons. The first kappa shape index (κ1) is 28.0. The Kier molecular flexibility index (Phi) is 10.2. The molecular formula is C25H22Cl3NO6S. The number of hydrogen-bond acceptors (Lipinski definition) is 7. The minimum atomic E-state index is -4.36. The molecule has 0 aromatic heterocycles. The number of carbonyl (C=O) groups excluding carboxylic acids is 1. The summed E-state index contributed by atoms with van der Waals surface area (Å²) in [6.07, 6.45) is 0.869. The predicted octanol–water partition coefficient (Wildman–Crippen LogP) is 6.66. The Morgan fingerprint density at radius 3 is 2.25 bits per heavy atom. The van der Waals surface area contributed by atoms with Gasteiger partial charge in [0.15, 0.2) is 0 Å². The van der Waals surface area contributed by atoms with Gasteiger partial charge >= 0.3 is 5.97 Å². The topological polar surface area (TPSA) is 91.3 Å².